The van der Waals surface area contributed by atoms with E-state index >= 15 is 0 Å². The molecule has 1 N–H and O–H groups in total. The number of carbonyl (C=O) groups is 2. The molecule has 1 atom stereocenters. The molecule has 176 valence electrons. The standard InChI is InChI=1S/C27H27NO6/c1-16(2)20-14-18(9-12-21(20)33-4)25(29)23-24(22-6-5-13-34-22)28(27(31)26(23)30)15-17-7-10-19(32-3)11-8-17/h5-14,16,24,29H,15H2,1-4H3/b25-23-. The van der Waals surface area contributed by atoms with Gasteiger partial charge in [0.2, 0.25) is 0 Å². The molecule has 1 saturated heterocycles. The number of Topliss-reactive ketones (excluding diaryl/α,β-unsaturated/α-hetero) is 1. The highest BCUT2D eigenvalue weighted by molar-refractivity contribution is 6.46. The summed E-state index contributed by atoms with van der Waals surface area (Å²) in [4.78, 5) is 27.7. The van der Waals surface area contributed by atoms with E-state index < -0.39 is 17.7 Å². The van der Waals surface area contributed by atoms with Crippen molar-refractivity contribution >= 4 is 17.4 Å². The quantitative estimate of drug-likeness (QED) is 0.301. The van der Waals surface area contributed by atoms with Crippen LogP contribution in [0.5, 0.6) is 11.5 Å². The molecule has 7 heteroatoms. The number of ether oxygens (including phenoxy) is 2. The van der Waals surface area contributed by atoms with Gasteiger partial charge in [-0.05, 0) is 59.5 Å². The maximum Gasteiger partial charge on any atom is 0.296 e. The number of aliphatic hydroxyl groups is 1. The van der Waals surface area contributed by atoms with Crippen LogP contribution in [0.25, 0.3) is 5.76 Å². The number of rotatable bonds is 7. The van der Waals surface area contributed by atoms with E-state index in [1.165, 1.54) is 11.2 Å². The van der Waals surface area contributed by atoms with Crippen LogP contribution in [0.2, 0.25) is 0 Å². The lowest BCUT2D eigenvalue weighted by molar-refractivity contribution is -0.140. The Morgan fingerprint density at radius 2 is 1.79 bits per heavy atom. The average Bonchev–Trinajstić information content (AvgIpc) is 3.46. The van der Waals surface area contributed by atoms with Gasteiger partial charge in [-0.15, -0.1) is 0 Å². The van der Waals surface area contributed by atoms with Crippen molar-refractivity contribution in [1.82, 2.24) is 4.90 Å². The van der Waals surface area contributed by atoms with E-state index in [2.05, 4.69) is 0 Å². The lowest BCUT2D eigenvalue weighted by Gasteiger charge is -2.23. The summed E-state index contributed by atoms with van der Waals surface area (Å²) in [6.07, 6.45) is 1.48. The maximum atomic E-state index is 13.2. The van der Waals surface area contributed by atoms with Crippen molar-refractivity contribution in [1.29, 1.82) is 0 Å². The smallest absolute Gasteiger partial charge is 0.296 e. The highest BCUT2D eigenvalue weighted by atomic mass is 16.5. The molecule has 0 aliphatic carbocycles. The number of likely N-dealkylation sites (tertiary alicyclic amines) is 1. The summed E-state index contributed by atoms with van der Waals surface area (Å²) >= 11 is 0. The first-order chi connectivity index (χ1) is 16.3. The highest BCUT2D eigenvalue weighted by Crippen LogP contribution is 2.41. The molecule has 1 fully saturated rings. The second kappa shape index (κ2) is 9.47. The van der Waals surface area contributed by atoms with Crippen molar-refractivity contribution in [2.24, 2.45) is 0 Å². The summed E-state index contributed by atoms with van der Waals surface area (Å²) in [5, 5.41) is 11.3. The summed E-state index contributed by atoms with van der Waals surface area (Å²) in [5.74, 6) is 0.197. The zero-order valence-corrected chi connectivity index (χ0v) is 19.6. The second-order valence-corrected chi connectivity index (χ2v) is 8.40. The van der Waals surface area contributed by atoms with Gasteiger partial charge in [-0.25, -0.2) is 0 Å². The maximum absolute atomic E-state index is 13.2. The number of ketones is 1. The number of methoxy groups -OCH3 is 2. The number of aliphatic hydroxyl groups excluding tert-OH is 1. The van der Waals surface area contributed by atoms with E-state index in [1.54, 1.807) is 56.7 Å². The van der Waals surface area contributed by atoms with E-state index in [1.807, 2.05) is 26.0 Å². The SMILES string of the molecule is COc1ccc(CN2C(=O)C(=O)/C(=C(\O)c3ccc(OC)c(C(C)C)c3)C2c2ccco2)cc1. The van der Waals surface area contributed by atoms with Crippen molar-refractivity contribution in [3.8, 4) is 11.5 Å². The molecule has 0 saturated carbocycles. The molecule has 34 heavy (non-hydrogen) atoms. The van der Waals surface area contributed by atoms with Gasteiger partial charge in [0.25, 0.3) is 11.7 Å². The van der Waals surface area contributed by atoms with Gasteiger partial charge in [-0.2, -0.15) is 0 Å². The van der Waals surface area contributed by atoms with Gasteiger partial charge in [0, 0.05) is 12.1 Å². The third-order valence-electron chi connectivity index (χ3n) is 5.99. The molecule has 2 aromatic carbocycles. The van der Waals surface area contributed by atoms with Gasteiger partial charge in [0.05, 0.1) is 26.1 Å². The number of carbonyl (C=O) groups excluding carboxylic acids is 2. The van der Waals surface area contributed by atoms with Crippen molar-refractivity contribution in [3.63, 3.8) is 0 Å². The van der Waals surface area contributed by atoms with E-state index in [0.29, 0.717) is 22.8 Å². The van der Waals surface area contributed by atoms with Crippen molar-refractivity contribution in [2.75, 3.05) is 14.2 Å². The minimum absolute atomic E-state index is 0.00617. The van der Waals surface area contributed by atoms with Gasteiger partial charge in [0.15, 0.2) is 0 Å². The van der Waals surface area contributed by atoms with Crippen molar-refractivity contribution < 1.29 is 28.6 Å². The number of benzene rings is 2. The van der Waals surface area contributed by atoms with Crippen LogP contribution >= 0.6 is 0 Å². The average molecular weight is 462 g/mol. The van der Waals surface area contributed by atoms with Crippen LogP contribution in [0.4, 0.5) is 0 Å². The van der Waals surface area contributed by atoms with Crippen LogP contribution in [-0.2, 0) is 16.1 Å². The van der Waals surface area contributed by atoms with E-state index in [9.17, 15) is 14.7 Å². The summed E-state index contributed by atoms with van der Waals surface area (Å²) < 4.78 is 16.2. The first kappa shape index (κ1) is 23.2. The van der Waals surface area contributed by atoms with Crippen LogP contribution < -0.4 is 9.47 Å². The van der Waals surface area contributed by atoms with Crippen LogP contribution in [0, 0.1) is 0 Å². The normalized spacial score (nSPS) is 17.4. The summed E-state index contributed by atoms with van der Waals surface area (Å²) in [6, 6.07) is 15.0. The fourth-order valence-electron chi connectivity index (χ4n) is 4.20. The zero-order chi connectivity index (χ0) is 24.4. The van der Waals surface area contributed by atoms with Crippen LogP contribution in [0.3, 0.4) is 0 Å². The largest absolute Gasteiger partial charge is 0.507 e. The number of hydrogen-bond donors (Lipinski definition) is 1. The Labute approximate surface area is 198 Å². The lowest BCUT2D eigenvalue weighted by atomic mass is 9.95. The molecular formula is C27H27NO6. The number of amides is 1. The Morgan fingerprint density at radius 3 is 2.38 bits per heavy atom. The Balaban J connectivity index is 1.81. The molecular weight excluding hydrogens is 434 g/mol. The molecule has 4 rings (SSSR count). The fraction of sp³-hybridized carbons (Fsp3) is 0.259. The third kappa shape index (κ3) is 4.17. The molecule has 1 unspecified atom stereocenters. The lowest BCUT2D eigenvalue weighted by Crippen LogP contribution is -2.29. The molecule has 1 aliphatic rings. The molecule has 0 bridgehead atoms. The summed E-state index contributed by atoms with van der Waals surface area (Å²) in [5.41, 5.74) is 2.12. The number of nitrogens with zero attached hydrogens (tertiary/aromatic N) is 1. The third-order valence-corrected chi connectivity index (χ3v) is 5.99. The second-order valence-electron chi connectivity index (χ2n) is 8.40. The predicted molar refractivity (Wildman–Crippen MR) is 127 cm³/mol. The molecule has 1 aliphatic heterocycles. The molecule has 1 amide bonds. The minimum Gasteiger partial charge on any atom is -0.507 e. The monoisotopic (exact) mass is 461 g/mol. The van der Waals surface area contributed by atoms with Crippen LogP contribution in [0.1, 0.15) is 48.3 Å². The molecule has 0 spiro atoms. The first-order valence-corrected chi connectivity index (χ1v) is 11.0. The molecule has 3 aromatic rings. The van der Waals surface area contributed by atoms with Crippen molar-refractivity contribution in [2.45, 2.75) is 32.4 Å². The minimum atomic E-state index is -0.860. The Morgan fingerprint density at radius 1 is 1.06 bits per heavy atom. The summed E-state index contributed by atoms with van der Waals surface area (Å²) in [7, 11) is 3.16. The number of furan rings is 1. The molecule has 0 radical (unpaired) electrons. The number of hydrogen-bond acceptors (Lipinski definition) is 6. The van der Waals surface area contributed by atoms with E-state index in [-0.39, 0.29) is 23.8 Å². The highest BCUT2D eigenvalue weighted by Gasteiger charge is 2.47. The molecule has 7 nitrogen and oxygen atoms in total. The van der Waals surface area contributed by atoms with Gasteiger partial charge in [-0.3, -0.25) is 9.59 Å². The molecule has 1 aromatic heterocycles. The van der Waals surface area contributed by atoms with Gasteiger partial charge in [0.1, 0.15) is 29.1 Å². The van der Waals surface area contributed by atoms with Gasteiger partial charge >= 0.3 is 0 Å². The van der Waals surface area contributed by atoms with E-state index in [0.717, 1.165) is 11.1 Å². The van der Waals surface area contributed by atoms with Gasteiger partial charge < -0.3 is 23.9 Å². The van der Waals surface area contributed by atoms with Gasteiger partial charge in [-0.1, -0.05) is 26.0 Å². The predicted octanol–water partition coefficient (Wildman–Crippen LogP) is 5.04. The molecule has 2 heterocycles. The Bertz CT molecular complexity index is 1220. The van der Waals surface area contributed by atoms with E-state index in [4.69, 9.17) is 13.9 Å². The fourth-order valence-corrected chi connectivity index (χ4v) is 4.20. The topological polar surface area (TPSA) is 89.2 Å². The first-order valence-electron chi connectivity index (χ1n) is 11.0. The zero-order valence-electron chi connectivity index (χ0n) is 19.6. The Hall–Kier alpha value is -4.00. The summed E-state index contributed by atoms with van der Waals surface area (Å²) in [6.45, 7) is 4.19. The van der Waals surface area contributed by atoms with Crippen LogP contribution in [-0.4, -0.2) is 35.9 Å². The van der Waals surface area contributed by atoms with Crippen LogP contribution in [0.15, 0.2) is 70.9 Å². The Kier molecular flexibility index (Phi) is 6.45. The van der Waals surface area contributed by atoms with Crippen molar-refractivity contribution in [3.05, 3.63) is 88.9 Å².